The Kier molecular flexibility index (Phi) is 3.89. The lowest BCUT2D eigenvalue weighted by Gasteiger charge is -2.44. The standard InChI is InChI=1S/C16H24ClN3/c1-12-13(2)19-15(14(17)18-12)20-10-8-16(9-11-20)6-4-3-5-7-16/h3-11H2,1-2H3. The van der Waals surface area contributed by atoms with Crippen molar-refractivity contribution < 1.29 is 0 Å². The summed E-state index contributed by atoms with van der Waals surface area (Å²) in [6.07, 6.45) is 9.70. The van der Waals surface area contributed by atoms with Crippen molar-refractivity contribution in [3.05, 3.63) is 16.5 Å². The van der Waals surface area contributed by atoms with Crippen LogP contribution in [0.25, 0.3) is 0 Å². The van der Waals surface area contributed by atoms with Crippen LogP contribution in [0.4, 0.5) is 5.82 Å². The molecule has 2 aliphatic rings. The molecule has 3 nitrogen and oxygen atoms in total. The molecule has 0 bridgehead atoms. The monoisotopic (exact) mass is 293 g/mol. The number of nitrogens with zero attached hydrogens (tertiary/aromatic N) is 3. The Morgan fingerprint density at radius 2 is 1.50 bits per heavy atom. The summed E-state index contributed by atoms with van der Waals surface area (Å²) >= 11 is 6.30. The number of rotatable bonds is 1. The maximum absolute atomic E-state index is 6.30. The van der Waals surface area contributed by atoms with E-state index in [2.05, 4.69) is 14.9 Å². The number of piperidine rings is 1. The number of hydrogen-bond donors (Lipinski definition) is 0. The van der Waals surface area contributed by atoms with Crippen LogP contribution in [0, 0.1) is 19.3 Å². The van der Waals surface area contributed by atoms with Crippen LogP contribution < -0.4 is 4.90 Å². The van der Waals surface area contributed by atoms with Crippen LogP contribution in [-0.2, 0) is 0 Å². The molecule has 1 aliphatic carbocycles. The molecule has 4 heteroatoms. The molecule has 1 aromatic heterocycles. The minimum atomic E-state index is 0.563. The van der Waals surface area contributed by atoms with Crippen molar-refractivity contribution >= 4 is 17.4 Å². The molecule has 0 atom stereocenters. The van der Waals surface area contributed by atoms with Crippen molar-refractivity contribution in [2.75, 3.05) is 18.0 Å². The van der Waals surface area contributed by atoms with E-state index in [0.717, 1.165) is 30.3 Å². The second-order valence-corrected chi connectivity index (χ2v) is 6.91. The minimum absolute atomic E-state index is 0.563. The third kappa shape index (κ3) is 2.65. The van der Waals surface area contributed by atoms with Crippen LogP contribution in [0.5, 0.6) is 0 Å². The van der Waals surface area contributed by atoms with Gasteiger partial charge in [-0.25, -0.2) is 9.97 Å². The predicted octanol–water partition coefficient (Wildman–Crippen LogP) is 4.30. The Morgan fingerprint density at radius 3 is 2.15 bits per heavy atom. The molecular weight excluding hydrogens is 270 g/mol. The molecule has 0 radical (unpaired) electrons. The molecule has 1 spiro atoms. The Morgan fingerprint density at radius 1 is 0.900 bits per heavy atom. The third-order valence-electron chi connectivity index (χ3n) is 5.29. The summed E-state index contributed by atoms with van der Waals surface area (Å²) in [6.45, 7) is 6.13. The van der Waals surface area contributed by atoms with E-state index in [1.807, 2.05) is 13.8 Å². The molecule has 0 aromatic carbocycles. The summed E-state index contributed by atoms with van der Waals surface area (Å²) in [5.41, 5.74) is 2.54. The van der Waals surface area contributed by atoms with E-state index >= 15 is 0 Å². The maximum Gasteiger partial charge on any atom is 0.171 e. The SMILES string of the molecule is Cc1nc(Cl)c(N2CCC3(CCCCC3)CC2)nc1C. The molecule has 1 aromatic rings. The first-order valence-electron chi connectivity index (χ1n) is 7.85. The van der Waals surface area contributed by atoms with Crippen LogP contribution in [0.2, 0.25) is 5.15 Å². The summed E-state index contributed by atoms with van der Waals surface area (Å²) in [5, 5.41) is 0.563. The molecule has 2 heterocycles. The molecule has 1 aliphatic heterocycles. The summed E-state index contributed by atoms with van der Waals surface area (Å²) in [6, 6.07) is 0. The van der Waals surface area contributed by atoms with E-state index in [1.165, 1.54) is 44.9 Å². The highest BCUT2D eigenvalue weighted by Gasteiger charge is 2.36. The van der Waals surface area contributed by atoms with Crippen molar-refractivity contribution in [1.82, 2.24) is 9.97 Å². The molecule has 3 rings (SSSR count). The maximum atomic E-state index is 6.30. The van der Waals surface area contributed by atoms with Gasteiger partial charge in [0.05, 0.1) is 11.4 Å². The molecule has 20 heavy (non-hydrogen) atoms. The molecule has 0 amide bonds. The molecular formula is C16H24ClN3. The van der Waals surface area contributed by atoms with Crippen LogP contribution >= 0.6 is 11.6 Å². The van der Waals surface area contributed by atoms with E-state index in [0.29, 0.717) is 10.6 Å². The van der Waals surface area contributed by atoms with Gasteiger partial charge < -0.3 is 4.90 Å². The lowest BCUT2D eigenvalue weighted by molar-refractivity contribution is 0.144. The highest BCUT2D eigenvalue weighted by atomic mass is 35.5. The van der Waals surface area contributed by atoms with Gasteiger partial charge >= 0.3 is 0 Å². The molecule has 2 fully saturated rings. The highest BCUT2D eigenvalue weighted by molar-refractivity contribution is 6.31. The van der Waals surface area contributed by atoms with E-state index in [4.69, 9.17) is 11.6 Å². The molecule has 0 unspecified atom stereocenters. The fourth-order valence-corrected chi connectivity index (χ4v) is 4.05. The van der Waals surface area contributed by atoms with Crippen molar-refractivity contribution in [2.24, 2.45) is 5.41 Å². The average Bonchev–Trinajstić information content (AvgIpc) is 2.45. The van der Waals surface area contributed by atoms with Gasteiger partial charge in [0.15, 0.2) is 11.0 Å². The van der Waals surface area contributed by atoms with Gasteiger partial charge in [0.25, 0.3) is 0 Å². The number of anilines is 1. The fraction of sp³-hybridized carbons (Fsp3) is 0.750. The Balaban J connectivity index is 1.73. The molecule has 1 saturated heterocycles. The zero-order chi connectivity index (χ0) is 14.2. The van der Waals surface area contributed by atoms with E-state index < -0.39 is 0 Å². The summed E-state index contributed by atoms with van der Waals surface area (Å²) < 4.78 is 0. The first-order chi connectivity index (χ1) is 9.60. The summed E-state index contributed by atoms with van der Waals surface area (Å²) in [7, 11) is 0. The zero-order valence-electron chi connectivity index (χ0n) is 12.6. The first kappa shape index (κ1) is 14.1. The van der Waals surface area contributed by atoms with Gasteiger partial charge in [0, 0.05) is 13.1 Å². The van der Waals surface area contributed by atoms with Gasteiger partial charge in [0.2, 0.25) is 0 Å². The van der Waals surface area contributed by atoms with E-state index in [-0.39, 0.29) is 0 Å². The Hall–Kier alpha value is -0.830. The average molecular weight is 294 g/mol. The number of aryl methyl sites for hydroxylation is 2. The van der Waals surface area contributed by atoms with Crippen molar-refractivity contribution in [1.29, 1.82) is 0 Å². The summed E-state index contributed by atoms with van der Waals surface area (Å²) in [4.78, 5) is 11.4. The quantitative estimate of drug-likeness (QED) is 0.773. The second-order valence-electron chi connectivity index (χ2n) is 6.56. The smallest absolute Gasteiger partial charge is 0.171 e. The van der Waals surface area contributed by atoms with Crippen molar-refractivity contribution in [3.8, 4) is 0 Å². The predicted molar refractivity (Wildman–Crippen MR) is 83.5 cm³/mol. The Bertz CT molecular complexity index is 485. The van der Waals surface area contributed by atoms with Crippen LogP contribution in [-0.4, -0.2) is 23.1 Å². The largest absolute Gasteiger partial charge is 0.354 e. The zero-order valence-corrected chi connectivity index (χ0v) is 13.3. The molecule has 0 N–H and O–H groups in total. The number of hydrogen-bond acceptors (Lipinski definition) is 3. The lowest BCUT2D eigenvalue weighted by atomic mass is 9.68. The van der Waals surface area contributed by atoms with Crippen LogP contribution in [0.1, 0.15) is 56.3 Å². The Labute approximate surface area is 126 Å². The van der Waals surface area contributed by atoms with Gasteiger partial charge in [-0.2, -0.15) is 0 Å². The van der Waals surface area contributed by atoms with Gasteiger partial charge in [-0.05, 0) is 44.9 Å². The normalized spacial score (nSPS) is 22.2. The van der Waals surface area contributed by atoms with Crippen LogP contribution in [0.3, 0.4) is 0 Å². The van der Waals surface area contributed by atoms with Crippen molar-refractivity contribution in [3.63, 3.8) is 0 Å². The number of halogens is 1. The van der Waals surface area contributed by atoms with Crippen molar-refractivity contribution in [2.45, 2.75) is 58.8 Å². The fourth-order valence-electron chi connectivity index (χ4n) is 3.76. The number of aromatic nitrogens is 2. The van der Waals surface area contributed by atoms with Gasteiger partial charge in [-0.15, -0.1) is 0 Å². The van der Waals surface area contributed by atoms with Crippen LogP contribution in [0.15, 0.2) is 0 Å². The highest BCUT2D eigenvalue weighted by Crippen LogP contribution is 2.45. The second kappa shape index (κ2) is 5.51. The van der Waals surface area contributed by atoms with Gasteiger partial charge in [0.1, 0.15) is 0 Å². The lowest BCUT2D eigenvalue weighted by Crippen LogP contribution is -2.41. The molecule has 1 saturated carbocycles. The minimum Gasteiger partial charge on any atom is -0.354 e. The first-order valence-corrected chi connectivity index (χ1v) is 8.23. The summed E-state index contributed by atoms with van der Waals surface area (Å²) in [5.74, 6) is 0.889. The molecule has 110 valence electrons. The van der Waals surface area contributed by atoms with Gasteiger partial charge in [-0.1, -0.05) is 30.9 Å². The third-order valence-corrected chi connectivity index (χ3v) is 5.54. The topological polar surface area (TPSA) is 29.0 Å². The van der Waals surface area contributed by atoms with Gasteiger partial charge in [-0.3, -0.25) is 0 Å². The van der Waals surface area contributed by atoms with E-state index in [9.17, 15) is 0 Å². The van der Waals surface area contributed by atoms with E-state index in [1.54, 1.807) is 0 Å².